The zero-order valence-corrected chi connectivity index (χ0v) is 15.6. The Morgan fingerprint density at radius 1 is 1.24 bits per heavy atom. The van der Waals surface area contributed by atoms with E-state index in [0.29, 0.717) is 30.2 Å². The highest BCUT2D eigenvalue weighted by Crippen LogP contribution is 2.18. The number of hydrogen-bond donors (Lipinski definition) is 1. The van der Waals surface area contributed by atoms with Crippen LogP contribution in [0.15, 0.2) is 9.59 Å². The fraction of sp³-hybridized carbons (Fsp3) is 0.706. The lowest BCUT2D eigenvalue weighted by atomic mass is 10.2. The summed E-state index contributed by atoms with van der Waals surface area (Å²) in [6.45, 7) is 11.3. The number of nitrogens with zero attached hydrogens (tertiary/aromatic N) is 4. The number of imidazole rings is 1. The van der Waals surface area contributed by atoms with Gasteiger partial charge >= 0.3 is 5.69 Å². The van der Waals surface area contributed by atoms with Gasteiger partial charge in [0.1, 0.15) is 5.82 Å². The van der Waals surface area contributed by atoms with Crippen LogP contribution in [-0.2, 0) is 24.9 Å². The molecule has 8 heteroatoms. The normalized spacial score (nSPS) is 22.2. The van der Waals surface area contributed by atoms with Crippen molar-refractivity contribution in [3.63, 3.8) is 0 Å². The van der Waals surface area contributed by atoms with Crippen molar-refractivity contribution >= 4 is 11.2 Å². The molecule has 2 aromatic heterocycles. The van der Waals surface area contributed by atoms with E-state index in [1.165, 1.54) is 4.57 Å². The molecule has 2 atom stereocenters. The van der Waals surface area contributed by atoms with Gasteiger partial charge < -0.3 is 9.30 Å². The SMILES string of the molecule is CC(C)Cn1c(CN2C[C@@H](C)O[C@H](C)C2)nc2c1c(=O)[nH]c(=O)n2C. The second-order valence-corrected chi connectivity index (χ2v) is 7.47. The molecule has 1 aliphatic heterocycles. The van der Waals surface area contributed by atoms with Crippen LogP contribution in [0.25, 0.3) is 11.2 Å². The van der Waals surface area contributed by atoms with Crippen molar-refractivity contribution in [2.75, 3.05) is 13.1 Å². The number of fused-ring (bicyclic) bond motifs is 1. The van der Waals surface area contributed by atoms with Crippen molar-refractivity contribution in [1.82, 2.24) is 24.0 Å². The monoisotopic (exact) mass is 349 g/mol. The second kappa shape index (κ2) is 6.76. The number of morpholine rings is 1. The molecule has 0 spiro atoms. The summed E-state index contributed by atoms with van der Waals surface area (Å²) in [5.74, 6) is 1.17. The zero-order valence-electron chi connectivity index (χ0n) is 15.6. The standard InChI is InChI=1S/C17H27N5O3/c1-10(2)6-22-13(9-21-7-11(3)25-12(4)8-21)18-15-14(22)16(23)19-17(24)20(15)5/h10-12H,6-9H2,1-5H3,(H,19,23,24)/t11-,12-/m1/s1. The Labute approximate surface area is 146 Å². The minimum absolute atomic E-state index is 0.166. The third-order valence-corrected chi connectivity index (χ3v) is 4.49. The molecule has 0 aromatic carbocycles. The van der Waals surface area contributed by atoms with E-state index in [-0.39, 0.29) is 17.8 Å². The first-order valence-electron chi connectivity index (χ1n) is 8.82. The molecule has 0 amide bonds. The predicted octanol–water partition coefficient (Wildman–Crippen LogP) is 0.689. The van der Waals surface area contributed by atoms with Gasteiger partial charge in [0.15, 0.2) is 11.2 Å². The molecule has 138 valence electrons. The first-order chi connectivity index (χ1) is 11.8. The molecule has 0 unspecified atom stereocenters. The van der Waals surface area contributed by atoms with Gasteiger partial charge in [-0.2, -0.15) is 0 Å². The Morgan fingerprint density at radius 3 is 2.48 bits per heavy atom. The Balaban J connectivity index is 2.07. The maximum absolute atomic E-state index is 12.4. The number of ether oxygens (including phenoxy) is 1. The number of rotatable bonds is 4. The summed E-state index contributed by atoms with van der Waals surface area (Å²) in [7, 11) is 1.63. The summed E-state index contributed by atoms with van der Waals surface area (Å²) < 4.78 is 9.16. The molecular formula is C17H27N5O3. The lowest BCUT2D eigenvalue weighted by molar-refractivity contribution is -0.0712. The highest BCUT2D eigenvalue weighted by molar-refractivity contribution is 5.70. The topological polar surface area (TPSA) is 85.2 Å². The number of H-pyrrole nitrogens is 1. The molecule has 2 aromatic rings. The summed E-state index contributed by atoms with van der Waals surface area (Å²) in [5.41, 5.74) is 0.104. The van der Waals surface area contributed by atoms with Gasteiger partial charge in [-0.15, -0.1) is 0 Å². The van der Waals surface area contributed by atoms with Gasteiger partial charge in [-0.05, 0) is 19.8 Å². The molecule has 0 radical (unpaired) electrons. The summed E-state index contributed by atoms with van der Waals surface area (Å²) in [4.78, 5) is 33.6. The number of aryl methyl sites for hydroxylation is 1. The highest BCUT2D eigenvalue weighted by Gasteiger charge is 2.25. The van der Waals surface area contributed by atoms with E-state index in [4.69, 9.17) is 4.74 Å². The third kappa shape index (κ3) is 3.55. The Bertz CT molecular complexity index is 869. The third-order valence-electron chi connectivity index (χ3n) is 4.49. The second-order valence-electron chi connectivity index (χ2n) is 7.47. The van der Waals surface area contributed by atoms with Crippen molar-refractivity contribution in [3.05, 3.63) is 26.7 Å². The molecule has 1 fully saturated rings. The molecule has 1 N–H and O–H groups in total. The molecule has 0 saturated carbocycles. The molecule has 1 aliphatic rings. The quantitative estimate of drug-likeness (QED) is 0.878. The molecule has 8 nitrogen and oxygen atoms in total. The molecule has 0 bridgehead atoms. The fourth-order valence-electron chi connectivity index (χ4n) is 3.58. The molecule has 25 heavy (non-hydrogen) atoms. The van der Waals surface area contributed by atoms with Crippen LogP contribution in [-0.4, -0.2) is 49.3 Å². The van der Waals surface area contributed by atoms with Gasteiger partial charge in [0.05, 0.1) is 18.8 Å². The van der Waals surface area contributed by atoms with Gasteiger partial charge in [-0.3, -0.25) is 19.2 Å². The summed E-state index contributed by atoms with van der Waals surface area (Å²) >= 11 is 0. The number of aromatic amines is 1. The molecule has 3 heterocycles. The largest absolute Gasteiger partial charge is 0.373 e. The zero-order chi connectivity index (χ0) is 18.3. The summed E-state index contributed by atoms with van der Waals surface area (Å²) in [6.07, 6.45) is 0.332. The molecule has 1 saturated heterocycles. The average molecular weight is 349 g/mol. The van der Waals surface area contributed by atoms with Gasteiger partial charge in [-0.1, -0.05) is 13.8 Å². The Hall–Kier alpha value is -1.93. The van der Waals surface area contributed by atoms with Gasteiger partial charge in [0, 0.05) is 26.7 Å². The number of aromatic nitrogens is 4. The number of hydrogen-bond acceptors (Lipinski definition) is 5. The van der Waals surface area contributed by atoms with Crippen LogP contribution in [0.5, 0.6) is 0 Å². The first-order valence-corrected chi connectivity index (χ1v) is 8.82. The van der Waals surface area contributed by atoms with Gasteiger partial charge in [-0.25, -0.2) is 9.78 Å². The van der Waals surface area contributed by atoms with E-state index in [2.05, 4.69) is 42.6 Å². The molecule has 3 rings (SSSR count). The average Bonchev–Trinajstić information content (AvgIpc) is 2.82. The van der Waals surface area contributed by atoms with Crippen LogP contribution in [0, 0.1) is 5.92 Å². The van der Waals surface area contributed by atoms with Gasteiger partial charge in [0.2, 0.25) is 0 Å². The van der Waals surface area contributed by atoms with Crippen molar-refractivity contribution < 1.29 is 4.74 Å². The summed E-state index contributed by atoms with van der Waals surface area (Å²) in [5, 5.41) is 0. The molecular weight excluding hydrogens is 322 g/mol. The highest BCUT2D eigenvalue weighted by atomic mass is 16.5. The lowest BCUT2D eigenvalue weighted by Crippen LogP contribution is -2.45. The molecule has 0 aliphatic carbocycles. The van der Waals surface area contributed by atoms with E-state index in [9.17, 15) is 9.59 Å². The maximum atomic E-state index is 12.4. The van der Waals surface area contributed by atoms with E-state index < -0.39 is 5.69 Å². The minimum atomic E-state index is -0.438. The Kier molecular flexibility index (Phi) is 4.83. The van der Waals surface area contributed by atoms with Crippen molar-refractivity contribution in [1.29, 1.82) is 0 Å². The lowest BCUT2D eigenvalue weighted by Gasteiger charge is -2.35. The van der Waals surface area contributed by atoms with E-state index in [1.807, 2.05) is 4.57 Å². The smallest absolute Gasteiger partial charge is 0.329 e. The first kappa shape index (κ1) is 17.9. The minimum Gasteiger partial charge on any atom is -0.373 e. The van der Waals surface area contributed by atoms with Crippen molar-refractivity contribution in [2.24, 2.45) is 13.0 Å². The van der Waals surface area contributed by atoms with E-state index in [1.54, 1.807) is 7.05 Å². The van der Waals surface area contributed by atoms with Crippen LogP contribution in [0.2, 0.25) is 0 Å². The van der Waals surface area contributed by atoms with E-state index >= 15 is 0 Å². The van der Waals surface area contributed by atoms with Crippen LogP contribution < -0.4 is 11.2 Å². The van der Waals surface area contributed by atoms with Crippen LogP contribution in [0.1, 0.15) is 33.5 Å². The Morgan fingerprint density at radius 2 is 1.88 bits per heavy atom. The van der Waals surface area contributed by atoms with E-state index in [0.717, 1.165) is 18.9 Å². The van der Waals surface area contributed by atoms with Gasteiger partial charge in [0.25, 0.3) is 5.56 Å². The van der Waals surface area contributed by atoms with Crippen molar-refractivity contribution in [3.8, 4) is 0 Å². The summed E-state index contributed by atoms with van der Waals surface area (Å²) in [6, 6.07) is 0. The predicted molar refractivity (Wildman–Crippen MR) is 95.7 cm³/mol. The van der Waals surface area contributed by atoms with Crippen LogP contribution in [0.3, 0.4) is 0 Å². The van der Waals surface area contributed by atoms with Crippen LogP contribution in [0.4, 0.5) is 0 Å². The maximum Gasteiger partial charge on any atom is 0.329 e. The van der Waals surface area contributed by atoms with Crippen LogP contribution >= 0.6 is 0 Å². The number of nitrogens with one attached hydrogen (secondary N) is 1. The fourth-order valence-corrected chi connectivity index (χ4v) is 3.58. The van der Waals surface area contributed by atoms with Crippen molar-refractivity contribution in [2.45, 2.75) is 53.0 Å².